The van der Waals surface area contributed by atoms with E-state index in [0.29, 0.717) is 11.4 Å². The van der Waals surface area contributed by atoms with Crippen LogP contribution in [0.25, 0.3) is 0 Å². The molecule has 1 aromatic heterocycles. The van der Waals surface area contributed by atoms with Gasteiger partial charge >= 0.3 is 0 Å². The van der Waals surface area contributed by atoms with E-state index in [1.54, 1.807) is 36.4 Å². The molecule has 0 spiro atoms. The minimum absolute atomic E-state index is 0.0130. The zero-order valence-corrected chi connectivity index (χ0v) is 14.8. The second kappa shape index (κ2) is 7.36. The van der Waals surface area contributed by atoms with Crippen LogP contribution in [0.5, 0.6) is 0 Å². The van der Waals surface area contributed by atoms with Crippen LogP contribution in [0.1, 0.15) is 0 Å². The zero-order chi connectivity index (χ0) is 18.6. The molecular formula is C17H17N5O3S. The summed E-state index contributed by atoms with van der Waals surface area (Å²) in [5.41, 5.74) is 0.936. The average molecular weight is 371 g/mol. The number of para-hydroxylation sites is 1. The molecule has 2 aromatic carbocycles. The van der Waals surface area contributed by atoms with Crippen LogP contribution in [0.3, 0.4) is 0 Å². The first-order chi connectivity index (χ1) is 12.5. The van der Waals surface area contributed by atoms with Crippen molar-refractivity contribution in [1.82, 2.24) is 14.8 Å². The van der Waals surface area contributed by atoms with Crippen molar-refractivity contribution in [2.45, 2.75) is 11.4 Å². The van der Waals surface area contributed by atoms with Gasteiger partial charge in [-0.3, -0.25) is 9.10 Å². The molecule has 0 radical (unpaired) electrons. The quantitative estimate of drug-likeness (QED) is 0.712. The van der Waals surface area contributed by atoms with Crippen LogP contribution in [-0.4, -0.2) is 36.1 Å². The van der Waals surface area contributed by atoms with Gasteiger partial charge in [-0.2, -0.15) is 5.10 Å². The molecule has 9 heteroatoms. The van der Waals surface area contributed by atoms with Crippen LogP contribution in [0.15, 0.2) is 72.1 Å². The van der Waals surface area contributed by atoms with Crippen LogP contribution < -0.4 is 9.62 Å². The molecule has 0 unspecified atom stereocenters. The molecule has 26 heavy (non-hydrogen) atoms. The zero-order valence-electron chi connectivity index (χ0n) is 14.0. The number of amides is 1. The average Bonchev–Trinajstić information content (AvgIpc) is 3.14. The second-order valence-electron chi connectivity index (χ2n) is 5.48. The van der Waals surface area contributed by atoms with Crippen LogP contribution in [-0.2, 0) is 21.4 Å². The van der Waals surface area contributed by atoms with Crippen LogP contribution in [0.4, 0.5) is 11.4 Å². The second-order valence-corrected chi connectivity index (χ2v) is 7.45. The lowest BCUT2D eigenvalue weighted by atomic mass is 10.3. The van der Waals surface area contributed by atoms with Gasteiger partial charge in [-0.25, -0.2) is 18.1 Å². The van der Waals surface area contributed by atoms with E-state index in [2.05, 4.69) is 15.4 Å². The van der Waals surface area contributed by atoms with Crippen molar-refractivity contribution in [2.24, 2.45) is 0 Å². The minimum Gasteiger partial charge on any atom is -0.324 e. The molecular weight excluding hydrogens is 354 g/mol. The largest absolute Gasteiger partial charge is 0.324 e. The van der Waals surface area contributed by atoms with Gasteiger partial charge in [-0.1, -0.05) is 24.3 Å². The maximum atomic E-state index is 12.8. The number of carbonyl (C=O) groups excluding carboxylic acids is 1. The maximum Gasteiger partial charge on any atom is 0.264 e. The van der Waals surface area contributed by atoms with Gasteiger partial charge in [0.15, 0.2) is 0 Å². The Kier molecular flexibility index (Phi) is 4.99. The molecule has 134 valence electrons. The van der Waals surface area contributed by atoms with E-state index in [1.807, 2.05) is 6.07 Å². The highest BCUT2D eigenvalue weighted by Crippen LogP contribution is 2.23. The Bertz CT molecular complexity index is 988. The summed E-state index contributed by atoms with van der Waals surface area (Å²) in [5, 5.41) is 6.51. The van der Waals surface area contributed by atoms with Crippen molar-refractivity contribution in [3.63, 3.8) is 0 Å². The van der Waals surface area contributed by atoms with Gasteiger partial charge in [0.2, 0.25) is 5.91 Å². The summed E-state index contributed by atoms with van der Waals surface area (Å²) in [6.45, 7) is -0.0130. The molecule has 0 fully saturated rings. The number of carbonyl (C=O) groups is 1. The molecule has 0 aliphatic carbocycles. The summed E-state index contributed by atoms with van der Waals surface area (Å²) in [5.74, 6) is -0.332. The van der Waals surface area contributed by atoms with E-state index in [0.717, 1.165) is 0 Å². The van der Waals surface area contributed by atoms with E-state index < -0.39 is 10.0 Å². The highest BCUT2D eigenvalue weighted by atomic mass is 32.2. The van der Waals surface area contributed by atoms with E-state index in [1.165, 1.54) is 40.8 Å². The number of nitrogens with zero attached hydrogens (tertiary/aromatic N) is 4. The monoisotopic (exact) mass is 371 g/mol. The van der Waals surface area contributed by atoms with E-state index in [4.69, 9.17) is 0 Å². The lowest BCUT2D eigenvalue weighted by Crippen LogP contribution is -2.26. The predicted octanol–water partition coefficient (Wildman–Crippen LogP) is 1.74. The summed E-state index contributed by atoms with van der Waals surface area (Å²) >= 11 is 0. The molecule has 1 N–H and O–H groups in total. The molecule has 0 saturated carbocycles. The summed E-state index contributed by atoms with van der Waals surface area (Å²) in [6, 6.07) is 14.9. The smallest absolute Gasteiger partial charge is 0.264 e. The van der Waals surface area contributed by atoms with Crippen LogP contribution in [0, 0.1) is 0 Å². The third-order valence-electron chi connectivity index (χ3n) is 3.67. The van der Waals surface area contributed by atoms with Gasteiger partial charge in [0.25, 0.3) is 10.0 Å². The number of anilines is 2. The molecule has 0 aliphatic rings. The fraction of sp³-hybridized carbons (Fsp3) is 0.118. The molecule has 0 aliphatic heterocycles. The van der Waals surface area contributed by atoms with Gasteiger partial charge in [0.05, 0.1) is 10.6 Å². The Morgan fingerprint density at radius 2 is 1.92 bits per heavy atom. The summed E-state index contributed by atoms with van der Waals surface area (Å²) < 4.78 is 28.2. The standard InChI is InChI=1S/C17H17N5O3S/c1-21(15-7-3-2-4-8-15)26(24,25)16-9-5-6-14(10-16)20-17(23)11-22-13-18-12-19-22/h2-10,12-13H,11H2,1H3,(H,20,23). The molecule has 8 nitrogen and oxygen atoms in total. The number of hydrogen-bond donors (Lipinski definition) is 1. The summed E-state index contributed by atoms with van der Waals surface area (Å²) in [7, 11) is -2.26. The number of rotatable bonds is 6. The van der Waals surface area contributed by atoms with Gasteiger partial charge < -0.3 is 5.32 Å². The first-order valence-corrected chi connectivity index (χ1v) is 9.17. The van der Waals surface area contributed by atoms with Crippen molar-refractivity contribution < 1.29 is 13.2 Å². The number of benzene rings is 2. The highest BCUT2D eigenvalue weighted by molar-refractivity contribution is 7.92. The van der Waals surface area contributed by atoms with Crippen molar-refractivity contribution in [3.8, 4) is 0 Å². The van der Waals surface area contributed by atoms with Crippen LogP contribution >= 0.6 is 0 Å². The Labute approximate surface area is 151 Å². The van der Waals surface area contributed by atoms with Crippen molar-refractivity contribution in [2.75, 3.05) is 16.7 Å². The van der Waals surface area contributed by atoms with Crippen molar-refractivity contribution >= 4 is 27.3 Å². The lowest BCUT2D eigenvalue weighted by Gasteiger charge is -2.19. The predicted molar refractivity (Wildman–Crippen MR) is 97.1 cm³/mol. The third-order valence-corrected chi connectivity index (χ3v) is 5.45. The Hall–Kier alpha value is -3.20. The van der Waals surface area contributed by atoms with E-state index in [-0.39, 0.29) is 17.3 Å². The molecule has 0 bridgehead atoms. The summed E-state index contributed by atoms with van der Waals surface area (Å²) in [4.78, 5) is 15.9. The van der Waals surface area contributed by atoms with Gasteiger partial charge in [-0.05, 0) is 30.3 Å². The molecule has 3 rings (SSSR count). The topological polar surface area (TPSA) is 97.2 Å². The van der Waals surface area contributed by atoms with Crippen LogP contribution in [0.2, 0.25) is 0 Å². The Balaban J connectivity index is 1.79. The lowest BCUT2D eigenvalue weighted by molar-refractivity contribution is -0.116. The van der Waals surface area contributed by atoms with Crippen molar-refractivity contribution in [1.29, 1.82) is 0 Å². The molecule has 0 saturated heterocycles. The van der Waals surface area contributed by atoms with E-state index in [9.17, 15) is 13.2 Å². The third kappa shape index (κ3) is 3.89. The van der Waals surface area contributed by atoms with Gasteiger partial charge in [-0.15, -0.1) is 0 Å². The highest BCUT2D eigenvalue weighted by Gasteiger charge is 2.21. The number of nitrogens with one attached hydrogen (secondary N) is 1. The Morgan fingerprint density at radius 3 is 2.62 bits per heavy atom. The first-order valence-electron chi connectivity index (χ1n) is 7.73. The fourth-order valence-electron chi connectivity index (χ4n) is 2.33. The molecule has 0 atom stereocenters. The van der Waals surface area contributed by atoms with Gasteiger partial charge in [0.1, 0.15) is 19.2 Å². The first kappa shape index (κ1) is 17.6. The maximum absolute atomic E-state index is 12.8. The Morgan fingerprint density at radius 1 is 1.15 bits per heavy atom. The number of aromatic nitrogens is 3. The summed E-state index contributed by atoms with van der Waals surface area (Å²) in [6.07, 6.45) is 2.76. The SMILES string of the molecule is CN(c1ccccc1)S(=O)(=O)c1cccc(NC(=O)Cn2cncn2)c1. The molecule has 1 amide bonds. The van der Waals surface area contributed by atoms with E-state index >= 15 is 0 Å². The minimum atomic E-state index is -3.75. The molecule has 1 heterocycles. The number of hydrogen-bond acceptors (Lipinski definition) is 5. The fourth-order valence-corrected chi connectivity index (χ4v) is 3.57. The van der Waals surface area contributed by atoms with Crippen molar-refractivity contribution in [3.05, 3.63) is 67.3 Å². The normalized spacial score (nSPS) is 11.1. The number of sulfonamides is 1. The van der Waals surface area contributed by atoms with Gasteiger partial charge in [0, 0.05) is 12.7 Å². The molecule has 3 aromatic rings.